The van der Waals surface area contributed by atoms with E-state index in [0.29, 0.717) is 10.8 Å². The van der Waals surface area contributed by atoms with Crippen molar-refractivity contribution in [3.63, 3.8) is 0 Å². The summed E-state index contributed by atoms with van der Waals surface area (Å²) in [6, 6.07) is 15.9. The minimum absolute atomic E-state index is 0.156. The molecule has 0 aromatic heterocycles. The third kappa shape index (κ3) is 3.60. The molecule has 4 rings (SSSR count). The van der Waals surface area contributed by atoms with Gasteiger partial charge in [-0.3, -0.25) is 4.79 Å². The zero-order valence-electron chi connectivity index (χ0n) is 14.8. The van der Waals surface area contributed by atoms with E-state index >= 15 is 0 Å². The molecule has 0 spiro atoms. The maximum absolute atomic E-state index is 12.7. The summed E-state index contributed by atoms with van der Waals surface area (Å²) in [5.74, 6) is -0.949. The Hall–Kier alpha value is -2.13. The van der Waals surface area contributed by atoms with Gasteiger partial charge in [-0.05, 0) is 36.2 Å². The van der Waals surface area contributed by atoms with E-state index in [0.717, 1.165) is 5.56 Å². The molecule has 0 bridgehead atoms. The van der Waals surface area contributed by atoms with Crippen LogP contribution in [0, 0.1) is 0 Å². The summed E-state index contributed by atoms with van der Waals surface area (Å²) >= 11 is 5.83. The van der Waals surface area contributed by atoms with E-state index in [4.69, 9.17) is 16.3 Å². The number of nitrogens with zero attached hydrogens (tertiary/aromatic N) is 1. The van der Waals surface area contributed by atoms with Gasteiger partial charge in [-0.2, -0.15) is 17.4 Å². The number of hydrogen-bond acceptors (Lipinski definition) is 4. The van der Waals surface area contributed by atoms with E-state index in [1.54, 1.807) is 24.3 Å². The van der Waals surface area contributed by atoms with Crippen LogP contribution >= 0.6 is 11.6 Å². The van der Waals surface area contributed by atoms with Crippen molar-refractivity contribution in [3.05, 3.63) is 65.2 Å². The lowest BCUT2D eigenvalue weighted by Gasteiger charge is -2.38. The van der Waals surface area contributed by atoms with Crippen molar-refractivity contribution < 1.29 is 23.1 Å². The Labute approximate surface area is 168 Å². The molecule has 148 valence electrons. The van der Waals surface area contributed by atoms with Crippen molar-refractivity contribution in [2.45, 2.75) is 24.0 Å². The molecular formula is C19H19ClN2O5S. The Morgan fingerprint density at radius 3 is 2.39 bits per heavy atom. The van der Waals surface area contributed by atoms with Gasteiger partial charge in [0, 0.05) is 10.9 Å². The third-order valence-electron chi connectivity index (χ3n) is 5.13. The molecule has 1 aliphatic carbocycles. The van der Waals surface area contributed by atoms with Gasteiger partial charge < -0.3 is 9.84 Å². The molecule has 0 radical (unpaired) electrons. The van der Waals surface area contributed by atoms with E-state index in [9.17, 15) is 18.3 Å². The highest BCUT2D eigenvalue weighted by Crippen LogP contribution is 2.52. The maximum atomic E-state index is 12.7. The van der Waals surface area contributed by atoms with Gasteiger partial charge in [0.1, 0.15) is 17.4 Å². The molecule has 28 heavy (non-hydrogen) atoms. The van der Waals surface area contributed by atoms with Crippen LogP contribution in [0.3, 0.4) is 0 Å². The Morgan fingerprint density at radius 1 is 1.14 bits per heavy atom. The number of carboxylic acid groups (broad SMARTS) is 1. The number of aliphatic carboxylic acids is 1. The third-order valence-corrected chi connectivity index (χ3v) is 6.98. The van der Waals surface area contributed by atoms with E-state index < -0.39 is 21.7 Å². The molecule has 2 aromatic carbocycles. The largest absolute Gasteiger partial charge is 0.488 e. The van der Waals surface area contributed by atoms with Gasteiger partial charge in [-0.15, -0.1) is 0 Å². The fourth-order valence-electron chi connectivity index (χ4n) is 3.42. The lowest BCUT2D eigenvalue weighted by Crippen LogP contribution is -2.61. The monoisotopic (exact) mass is 422 g/mol. The second-order valence-corrected chi connectivity index (χ2v) is 9.17. The lowest BCUT2D eigenvalue weighted by atomic mass is 10.1. The van der Waals surface area contributed by atoms with Gasteiger partial charge in [0.05, 0.1) is 13.1 Å². The zero-order chi connectivity index (χ0) is 19.9. The van der Waals surface area contributed by atoms with Crippen LogP contribution in [0.15, 0.2) is 54.6 Å². The molecule has 1 heterocycles. The SMILES string of the molecule is O=C(O)C1(NS(=O)(=O)N2CC(Oc3ccc(Cl)cc3)C2)CC1c1ccccc1. The molecule has 0 amide bonds. The van der Waals surface area contributed by atoms with Gasteiger partial charge in [-0.1, -0.05) is 41.9 Å². The number of carboxylic acids is 1. The number of rotatable bonds is 7. The number of ether oxygens (including phenoxy) is 1. The molecule has 2 fully saturated rings. The number of carbonyl (C=O) groups is 1. The van der Waals surface area contributed by atoms with Crippen LogP contribution in [0.1, 0.15) is 17.9 Å². The van der Waals surface area contributed by atoms with Crippen molar-refractivity contribution in [2.24, 2.45) is 0 Å². The van der Waals surface area contributed by atoms with E-state index in [1.807, 2.05) is 30.3 Å². The quantitative estimate of drug-likeness (QED) is 0.713. The summed E-state index contributed by atoms with van der Waals surface area (Å²) in [6.07, 6.45) is -0.0629. The van der Waals surface area contributed by atoms with E-state index in [1.165, 1.54) is 4.31 Å². The van der Waals surface area contributed by atoms with Crippen LogP contribution in [0.4, 0.5) is 0 Å². The first-order valence-corrected chi connectivity index (χ1v) is 10.6. The summed E-state index contributed by atoms with van der Waals surface area (Å²) < 4.78 is 34.7. The van der Waals surface area contributed by atoms with Crippen molar-refractivity contribution >= 4 is 27.8 Å². The minimum Gasteiger partial charge on any atom is -0.488 e. The van der Waals surface area contributed by atoms with Gasteiger partial charge in [0.15, 0.2) is 0 Å². The molecule has 2 aliphatic rings. The number of halogens is 1. The predicted molar refractivity (Wildman–Crippen MR) is 104 cm³/mol. The van der Waals surface area contributed by atoms with Crippen LogP contribution < -0.4 is 9.46 Å². The second kappa shape index (κ2) is 7.04. The molecule has 2 unspecified atom stereocenters. The smallest absolute Gasteiger partial charge is 0.325 e. The lowest BCUT2D eigenvalue weighted by molar-refractivity contribution is -0.140. The molecule has 2 N–H and O–H groups in total. The van der Waals surface area contributed by atoms with Crippen molar-refractivity contribution in [1.29, 1.82) is 0 Å². The van der Waals surface area contributed by atoms with E-state index in [-0.39, 0.29) is 31.5 Å². The molecule has 1 saturated heterocycles. The fraction of sp³-hybridized carbons (Fsp3) is 0.316. The van der Waals surface area contributed by atoms with Gasteiger partial charge in [-0.25, -0.2) is 0 Å². The molecule has 9 heteroatoms. The highest BCUT2D eigenvalue weighted by atomic mass is 35.5. The predicted octanol–water partition coefficient (Wildman–Crippen LogP) is 2.25. The van der Waals surface area contributed by atoms with Gasteiger partial charge in [0.25, 0.3) is 10.2 Å². The van der Waals surface area contributed by atoms with E-state index in [2.05, 4.69) is 4.72 Å². The van der Waals surface area contributed by atoms with Crippen LogP contribution in [0.5, 0.6) is 5.75 Å². The van der Waals surface area contributed by atoms with Crippen LogP contribution in [-0.2, 0) is 15.0 Å². The summed E-state index contributed by atoms with van der Waals surface area (Å²) in [6.45, 7) is 0.313. The highest BCUT2D eigenvalue weighted by Gasteiger charge is 2.64. The Kier molecular flexibility index (Phi) is 4.83. The van der Waals surface area contributed by atoms with Crippen molar-refractivity contribution in [2.75, 3.05) is 13.1 Å². The second-order valence-electron chi connectivity index (χ2n) is 7.06. The summed E-state index contributed by atoms with van der Waals surface area (Å²) in [7, 11) is -3.94. The van der Waals surface area contributed by atoms with Crippen LogP contribution in [-0.4, -0.2) is 48.5 Å². The Morgan fingerprint density at radius 2 is 1.79 bits per heavy atom. The summed E-state index contributed by atoms with van der Waals surface area (Å²) in [4.78, 5) is 11.8. The summed E-state index contributed by atoms with van der Waals surface area (Å²) in [5.41, 5.74) is -0.692. The number of benzene rings is 2. The van der Waals surface area contributed by atoms with Crippen LogP contribution in [0.2, 0.25) is 5.02 Å². The average molecular weight is 423 g/mol. The molecule has 7 nitrogen and oxygen atoms in total. The van der Waals surface area contributed by atoms with Gasteiger partial charge >= 0.3 is 5.97 Å². The number of hydrogen-bond donors (Lipinski definition) is 2. The molecular weight excluding hydrogens is 404 g/mol. The van der Waals surface area contributed by atoms with Gasteiger partial charge in [0.2, 0.25) is 0 Å². The average Bonchev–Trinajstić information content (AvgIpc) is 3.35. The molecule has 1 saturated carbocycles. The first-order chi connectivity index (χ1) is 13.3. The molecule has 1 aliphatic heterocycles. The molecule has 2 atom stereocenters. The normalized spacial score (nSPS) is 25.1. The number of nitrogens with one attached hydrogen (secondary N) is 1. The Balaban J connectivity index is 1.39. The minimum atomic E-state index is -3.94. The highest BCUT2D eigenvalue weighted by molar-refractivity contribution is 7.87. The maximum Gasteiger partial charge on any atom is 0.325 e. The Bertz CT molecular complexity index is 977. The first kappa shape index (κ1) is 19.2. The standard InChI is InChI=1S/C19H19ClN2O5S/c20-14-6-8-15(9-7-14)27-16-11-22(12-16)28(25,26)21-19(18(23)24)10-17(19)13-4-2-1-3-5-13/h1-9,16-17,21H,10-12H2,(H,23,24). The summed E-state index contributed by atoms with van der Waals surface area (Å²) in [5, 5.41) is 10.2. The fourth-order valence-corrected chi connectivity index (χ4v) is 5.17. The molecule has 2 aromatic rings. The van der Waals surface area contributed by atoms with Crippen molar-refractivity contribution in [1.82, 2.24) is 9.03 Å². The topological polar surface area (TPSA) is 95.9 Å². The van der Waals surface area contributed by atoms with Crippen LogP contribution in [0.25, 0.3) is 0 Å². The van der Waals surface area contributed by atoms with Crippen molar-refractivity contribution in [3.8, 4) is 5.75 Å². The first-order valence-electron chi connectivity index (χ1n) is 8.80. The zero-order valence-corrected chi connectivity index (χ0v) is 16.4.